The summed E-state index contributed by atoms with van der Waals surface area (Å²) in [4.78, 5) is 29.5. The highest BCUT2D eigenvalue weighted by molar-refractivity contribution is 7.13. The van der Waals surface area contributed by atoms with E-state index in [-0.39, 0.29) is 17.6 Å². The molecule has 0 aromatic carbocycles. The number of aryl methyl sites for hydroxylation is 1. The van der Waals surface area contributed by atoms with Crippen LogP contribution in [0.1, 0.15) is 36.0 Å². The van der Waals surface area contributed by atoms with Crippen molar-refractivity contribution in [2.45, 2.75) is 38.8 Å². The Labute approximate surface area is 131 Å². The number of hydrogen-bond acceptors (Lipinski definition) is 5. The minimum absolute atomic E-state index is 0.00890. The van der Waals surface area contributed by atoms with Gasteiger partial charge in [-0.15, -0.1) is 11.3 Å². The standard InChI is InChI=1S/C15H16N2O4S/c1-8-3-6-12(21-8)13-16-11(7-22-13)14(18)17(10-4-5-10)9(2)15(19)20/h3,6-7,9-10H,4-5H2,1-2H3,(H,19,20). The highest BCUT2D eigenvalue weighted by Crippen LogP contribution is 2.32. The fourth-order valence-electron chi connectivity index (χ4n) is 2.30. The number of nitrogens with zero attached hydrogens (tertiary/aromatic N) is 2. The molecule has 7 heteroatoms. The number of amides is 1. The van der Waals surface area contributed by atoms with E-state index in [0.717, 1.165) is 18.6 Å². The second-order valence-corrected chi connectivity index (χ2v) is 6.26. The summed E-state index contributed by atoms with van der Waals surface area (Å²) >= 11 is 1.31. The molecule has 0 bridgehead atoms. The van der Waals surface area contributed by atoms with Crippen LogP contribution in [-0.2, 0) is 4.79 Å². The topological polar surface area (TPSA) is 83.6 Å². The first-order valence-electron chi connectivity index (χ1n) is 7.05. The van der Waals surface area contributed by atoms with Crippen LogP contribution in [0.3, 0.4) is 0 Å². The largest absolute Gasteiger partial charge is 0.480 e. The van der Waals surface area contributed by atoms with Crippen molar-refractivity contribution in [3.63, 3.8) is 0 Å². The summed E-state index contributed by atoms with van der Waals surface area (Å²) in [5, 5.41) is 11.5. The maximum absolute atomic E-state index is 12.6. The molecule has 1 amide bonds. The lowest BCUT2D eigenvalue weighted by Gasteiger charge is -2.25. The third-order valence-electron chi connectivity index (χ3n) is 3.62. The van der Waals surface area contributed by atoms with Crippen LogP contribution in [0.5, 0.6) is 0 Å². The number of carbonyl (C=O) groups is 2. The Bertz CT molecular complexity index is 717. The molecule has 1 saturated carbocycles. The van der Waals surface area contributed by atoms with Crippen LogP contribution in [0, 0.1) is 6.92 Å². The van der Waals surface area contributed by atoms with Crippen LogP contribution in [0.4, 0.5) is 0 Å². The molecular weight excluding hydrogens is 304 g/mol. The van der Waals surface area contributed by atoms with Crippen LogP contribution < -0.4 is 0 Å². The van der Waals surface area contributed by atoms with Gasteiger partial charge in [0.2, 0.25) is 0 Å². The van der Waals surface area contributed by atoms with Gasteiger partial charge in [-0.05, 0) is 38.8 Å². The van der Waals surface area contributed by atoms with Gasteiger partial charge in [-0.2, -0.15) is 0 Å². The van der Waals surface area contributed by atoms with Gasteiger partial charge in [0.05, 0.1) is 0 Å². The maximum atomic E-state index is 12.6. The normalized spacial score (nSPS) is 15.5. The molecule has 2 aromatic heterocycles. The van der Waals surface area contributed by atoms with Crippen molar-refractivity contribution in [2.24, 2.45) is 0 Å². The van der Waals surface area contributed by atoms with E-state index in [4.69, 9.17) is 4.42 Å². The third kappa shape index (κ3) is 2.76. The summed E-state index contributed by atoms with van der Waals surface area (Å²) in [7, 11) is 0. The van der Waals surface area contributed by atoms with E-state index in [9.17, 15) is 14.7 Å². The van der Waals surface area contributed by atoms with Crippen molar-refractivity contribution in [2.75, 3.05) is 0 Å². The molecule has 116 valence electrons. The SMILES string of the molecule is Cc1ccc(-c2nc(C(=O)N(C3CC3)C(C)C(=O)O)cs2)o1. The number of aliphatic carboxylic acids is 1. The van der Waals surface area contributed by atoms with Crippen molar-refractivity contribution in [3.8, 4) is 10.8 Å². The van der Waals surface area contributed by atoms with E-state index in [1.807, 2.05) is 13.0 Å². The molecule has 2 heterocycles. The van der Waals surface area contributed by atoms with Crippen molar-refractivity contribution >= 4 is 23.2 Å². The number of furan rings is 1. The summed E-state index contributed by atoms with van der Waals surface area (Å²) in [5.74, 6) is 0.0588. The lowest BCUT2D eigenvalue weighted by Crippen LogP contribution is -2.44. The van der Waals surface area contributed by atoms with Gasteiger partial charge in [0.1, 0.15) is 17.5 Å². The van der Waals surface area contributed by atoms with E-state index < -0.39 is 12.0 Å². The van der Waals surface area contributed by atoms with Crippen molar-refractivity contribution in [1.29, 1.82) is 0 Å². The average molecular weight is 320 g/mol. The van der Waals surface area contributed by atoms with E-state index in [2.05, 4.69) is 4.98 Å². The van der Waals surface area contributed by atoms with Crippen LogP contribution in [0.25, 0.3) is 10.8 Å². The average Bonchev–Trinajstić information content (AvgIpc) is 3.01. The molecule has 2 aromatic rings. The fraction of sp³-hybridized carbons (Fsp3) is 0.400. The lowest BCUT2D eigenvalue weighted by molar-refractivity contribution is -0.141. The van der Waals surface area contributed by atoms with Gasteiger partial charge in [0.25, 0.3) is 5.91 Å². The quantitative estimate of drug-likeness (QED) is 0.916. The summed E-state index contributed by atoms with van der Waals surface area (Å²) < 4.78 is 5.50. The number of rotatable bonds is 5. The zero-order valence-electron chi connectivity index (χ0n) is 12.3. The number of aromatic nitrogens is 1. The number of carbonyl (C=O) groups excluding carboxylic acids is 1. The smallest absolute Gasteiger partial charge is 0.326 e. The molecule has 0 aliphatic heterocycles. The Morgan fingerprint density at radius 3 is 2.73 bits per heavy atom. The number of carboxylic acid groups (broad SMARTS) is 1. The molecule has 1 N–H and O–H groups in total. The van der Waals surface area contributed by atoms with Gasteiger partial charge in [-0.1, -0.05) is 0 Å². The van der Waals surface area contributed by atoms with Crippen molar-refractivity contribution in [3.05, 3.63) is 29.0 Å². The molecule has 1 unspecified atom stereocenters. The molecule has 1 atom stereocenters. The van der Waals surface area contributed by atoms with Gasteiger partial charge in [-0.3, -0.25) is 4.79 Å². The van der Waals surface area contributed by atoms with Crippen molar-refractivity contribution in [1.82, 2.24) is 9.88 Å². The Morgan fingerprint density at radius 1 is 1.45 bits per heavy atom. The first-order chi connectivity index (χ1) is 10.5. The molecule has 0 spiro atoms. The first kappa shape index (κ1) is 14.8. The van der Waals surface area contributed by atoms with E-state index in [0.29, 0.717) is 10.8 Å². The number of carboxylic acids is 1. The monoisotopic (exact) mass is 320 g/mol. The first-order valence-corrected chi connectivity index (χ1v) is 7.93. The minimum Gasteiger partial charge on any atom is -0.480 e. The Balaban J connectivity index is 1.85. The fourth-order valence-corrected chi connectivity index (χ4v) is 3.05. The summed E-state index contributed by atoms with van der Waals surface area (Å²) in [6.07, 6.45) is 1.69. The van der Waals surface area contributed by atoms with Gasteiger partial charge < -0.3 is 14.4 Å². The predicted octanol–water partition coefficient (Wildman–Crippen LogP) is 2.79. The highest BCUT2D eigenvalue weighted by Gasteiger charge is 2.39. The van der Waals surface area contributed by atoms with E-state index in [1.165, 1.54) is 23.2 Å². The number of thiazole rings is 1. The molecule has 1 aliphatic carbocycles. The highest BCUT2D eigenvalue weighted by atomic mass is 32.1. The lowest BCUT2D eigenvalue weighted by atomic mass is 10.2. The van der Waals surface area contributed by atoms with Crippen LogP contribution in [0.15, 0.2) is 21.9 Å². The second kappa shape index (κ2) is 5.57. The van der Waals surface area contributed by atoms with Crippen LogP contribution in [0.2, 0.25) is 0 Å². The molecule has 6 nitrogen and oxygen atoms in total. The molecule has 3 rings (SSSR count). The Morgan fingerprint density at radius 2 is 2.18 bits per heavy atom. The zero-order valence-corrected chi connectivity index (χ0v) is 13.1. The maximum Gasteiger partial charge on any atom is 0.326 e. The summed E-state index contributed by atoms with van der Waals surface area (Å²) in [5.41, 5.74) is 0.272. The Hall–Kier alpha value is -2.15. The molecule has 0 saturated heterocycles. The van der Waals surface area contributed by atoms with Gasteiger partial charge in [0.15, 0.2) is 10.8 Å². The number of hydrogen-bond donors (Lipinski definition) is 1. The van der Waals surface area contributed by atoms with Crippen molar-refractivity contribution < 1.29 is 19.1 Å². The molecule has 1 aliphatic rings. The zero-order chi connectivity index (χ0) is 15.9. The van der Waals surface area contributed by atoms with E-state index in [1.54, 1.807) is 11.4 Å². The van der Waals surface area contributed by atoms with Gasteiger partial charge >= 0.3 is 5.97 Å². The predicted molar refractivity (Wildman–Crippen MR) is 80.8 cm³/mol. The molecular formula is C15H16N2O4S. The Kier molecular flexibility index (Phi) is 3.74. The molecule has 0 radical (unpaired) electrons. The minimum atomic E-state index is -1.00. The van der Waals surface area contributed by atoms with Gasteiger partial charge in [0, 0.05) is 11.4 Å². The summed E-state index contributed by atoms with van der Waals surface area (Å²) in [6.45, 7) is 3.37. The van der Waals surface area contributed by atoms with E-state index >= 15 is 0 Å². The third-order valence-corrected chi connectivity index (χ3v) is 4.48. The molecule has 22 heavy (non-hydrogen) atoms. The van der Waals surface area contributed by atoms with Gasteiger partial charge in [-0.25, -0.2) is 9.78 Å². The summed E-state index contributed by atoms with van der Waals surface area (Å²) in [6, 6.07) is 2.80. The van der Waals surface area contributed by atoms with Crippen LogP contribution in [-0.4, -0.2) is 39.0 Å². The van der Waals surface area contributed by atoms with Crippen LogP contribution >= 0.6 is 11.3 Å². The molecule has 1 fully saturated rings. The second-order valence-electron chi connectivity index (χ2n) is 5.41.